The highest BCUT2D eigenvalue weighted by atomic mass is 35.5. The van der Waals surface area contributed by atoms with Gasteiger partial charge in [0.05, 0.1) is 5.92 Å². The summed E-state index contributed by atoms with van der Waals surface area (Å²) in [6.45, 7) is 8.43. The average Bonchev–Trinajstić information content (AvgIpc) is 3.05. The summed E-state index contributed by atoms with van der Waals surface area (Å²) in [6, 6.07) is 10.4. The summed E-state index contributed by atoms with van der Waals surface area (Å²) in [7, 11) is 0. The molecule has 3 saturated heterocycles. The zero-order valence-electron chi connectivity index (χ0n) is 19.2. The Bertz CT molecular complexity index is 707. The molecule has 180 valence electrons. The van der Waals surface area contributed by atoms with Crippen LogP contribution in [0.4, 0.5) is 0 Å². The molecule has 0 spiro atoms. The van der Waals surface area contributed by atoms with Crippen LogP contribution in [0.5, 0.6) is 0 Å². The molecular weight excluding hydrogens is 443 g/mol. The van der Waals surface area contributed by atoms with Gasteiger partial charge < -0.3 is 10.2 Å². The fourth-order valence-electron chi connectivity index (χ4n) is 6.27. The monoisotopic (exact) mass is 482 g/mol. The van der Waals surface area contributed by atoms with Gasteiger partial charge in [-0.1, -0.05) is 24.3 Å². The van der Waals surface area contributed by atoms with Crippen molar-refractivity contribution in [2.45, 2.75) is 57.0 Å². The van der Waals surface area contributed by atoms with E-state index in [0.717, 1.165) is 45.6 Å². The van der Waals surface area contributed by atoms with Crippen LogP contribution < -0.4 is 5.32 Å². The van der Waals surface area contributed by atoms with Crippen LogP contribution in [0.1, 0.15) is 43.2 Å². The number of carbonyl (C=O) groups excluding carboxylic acids is 1. The van der Waals surface area contributed by atoms with Gasteiger partial charge in [0.15, 0.2) is 0 Å². The second kappa shape index (κ2) is 12.0. The highest BCUT2D eigenvalue weighted by molar-refractivity contribution is 5.85. The van der Waals surface area contributed by atoms with E-state index < -0.39 is 0 Å². The molecule has 1 amide bonds. The van der Waals surface area contributed by atoms with Crippen molar-refractivity contribution in [3.63, 3.8) is 0 Å². The lowest BCUT2D eigenvalue weighted by Gasteiger charge is -2.44. The van der Waals surface area contributed by atoms with Crippen LogP contribution >= 0.6 is 24.8 Å². The van der Waals surface area contributed by atoms with Crippen LogP contribution in [-0.2, 0) is 17.6 Å². The molecule has 1 unspecified atom stereocenters. The maximum Gasteiger partial charge on any atom is 0.227 e. The summed E-state index contributed by atoms with van der Waals surface area (Å²) in [5, 5.41) is 3.42. The number of piperidine rings is 2. The summed E-state index contributed by atoms with van der Waals surface area (Å²) in [4.78, 5) is 20.7. The van der Waals surface area contributed by atoms with Crippen molar-refractivity contribution in [2.75, 3.05) is 52.4 Å². The highest BCUT2D eigenvalue weighted by Gasteiger charge is 2.35. The summed E-state index contributed by atoms with van der Waals surface area (Å²) < 4.78 is 0. The number of nitrogens with one attached hydrogen (secondary N) is 1. The van der Waals surface area contributed by atoms with Crippen LogP contribution in [0.15, 0.2) is 24.3 Å². The van der Waals surface area contributed by atoms with Crippen LogP contribution in [0.2, 0.25) is 0 Å². The lowest BCUT2D eigenvalue weighted by Crippen LogP contribution is -2.52. The van der Waals surface area contributed by atoms with Gasteiger partial charge in [-0.2, -0.15) is 0 Å². The number of hydrogen-bond donors (Lipinski definition) is 1. The first-order valence-electron chi connectivity index (χ1n) is 12.3. The van der Waals surface area contributed by atoms with Crippen LogP contribution in [0.25, 0.3) is 0 Å². The first kappa shape index (κ1) is 25.8. The van der Waals surface area contributed by atoms with E-state index in [-0.39, 0.29) is 30.7 Å². The molecule has 5 nitrogen and oxygen atoms in total. The van der Waals surface area contributed by atoms with E-state index in [1.807, 2.05) is 0 Å². The summed E-state index contributed by atoms with van der Waals surface area (Å²) in [5.74, 6) is 0.642. The smallest absolute Gasteiger partial charge is 0.227 e. The Morgan fingerprint density at radius 1 is 0.781 bits per heavy atom. The van der Waals surface area contributed by atoms with E-state index in [1.165, 1.54) is 51.7 Å². The SMILES string of the molecule is Cl.Cl.O=C(C1CCCN(C2CCN(C3Cc4ccccc4C3)CC2)C1)N1CCCNCC1. The molecule has 1 aromatic carbocycles. The summed E-state index contributed by atoms with van der Waals surface area (Å²) >= 11 is 0. The Balaban J connectivity index is 0.00000144. The van der Waals surface area contributed by atoms with Crippen molar-refractivity contribution in [1.29, 1.82) is 0 Å². The molecule has 3 heterocycles. The van der Waals surface area contributed by atoms with E-state index in [0.29, 0.717) is 18.0 Å². The van der Waals surface area contributed by atoms with Crippen molar-refractivity contribution in [3.8, 4) is 0 Å². The molecule has 1 aliphatic carbocycles. The molecule has 0 saturated carbocycles. The highest BCUT2D eigenvalue weighted by Crippen LogP contribution is 2.30. The third-order valence-electron chi connectivity index (χ3n) is 8.02. The van der Waals surface area contributed by atoms with Crippen molar-refractivity contribution in [1.82, 2.24) is 20.0 Å². The topological polar surface area (TPSA) is 38.8 Å². The molecule has 3 aliphatic heterocycles. The Morgan fingerprint density at radius 2 is 1.50 bits per heavy atom. The van der Waals surface area contributed by atoms with Gasteiger partial charge in [0.1, 0.15) is 0 Å². The van der Waals surface area contributed by atoms with Crippen molar-refractivity contribution in [2.24, 2.45) is 5.92 Å². The van der Waals surface area contributed by atoms with Gasteiger partial charge in [0, 0.05) is 38.3 Å². The van der Waals surface area contributed by atoms with E-state index in [1.54, 1.807) is 11.1 Å². The van der Waals surface area contributed by atoms with Crippen molar-refractivity contribution >= 4 is 30.7 Å². The fourth-order valence-corrected chi connectivity index (χ4v) is 6.27. The number of nitrogens with zero attached hydrogens (tertiary/aromatic N) is 3. The minimum Gasteiger partial charge on any atom is -0.341 e. The van der Waals surface area contributed by atoms with Crippen molar-refractivity contribution < 1.29 is 4.79 Å². The number of benzene rings is 1. The van der Waals surface area contributed by atoms with Gasteiger partial charge >= 0.3 is 0 Å². The number of fused-ring (bicyclic) bond motifs is 1. The minimum atomic E-state index is 0. The Labute approximate surface area is 206 Å². The Kier molecular flexibility index (Phi) is 9.69. The third kappa shape index (κ3) is 5.79. The number of likely N-dealkylation sites (tertiary alicyclic amines) is 2. The Morgan fingerprint density at radius 3 is 2.22 bits per heavy atom. The number of amides is 1. The quantitative estimate of drug-likeness (QED) is 0.718. The molecule has 1 atom stereocenters. The third-order valence-corrected chi connectivity index (χ3v) is 8.02. The first-order valence-corrected chi connectivity index (χ1v) is 12.3. The standard InChI is InChI=1S/C25H38N4O.2ClH/c30-25(28-13-4-10-26-11-16-28)22-7-3-12-29(19-22)23-8-14-27(15-9-23)24-17-20-5-1-2-6-21(20)18-24;;/h1-2,5-6,22-24,26H,3-4,7-19H2;2*1H. The molecule has 0 bridgehead atoms. The first-order chi connectivity index (χ1) is 14.8. The summed E-state index contributed by atoms with van der Waals surface area (Å²) in [6.07, 6.45) is 8.34. The van der Waals surface area contributed by atoms with Crippen LogP contribution in [-0.4, -0.2) is 85.0 Å². The Hall–Kier alpha value is -0.850. The van der Waals surface area contributed by atoms with E-state index in [9.17, 15) is 4.79 Å². The zero-order chi connectivity index (χ0) is 20.3. The van der Waals surface area contributed by atoms with Gasteiger partial charge in [0.25, 0.3) is 0 Å². The summed E-state index contributed by atoms with van der Waals surface area (Å²) in [5.41, 5.74) is 3.12. The zero-order valence-corrected chi connectivity index (χ0v) is 20.8. The molecule has 0 aromatic heterocycles. The second-order valence-corrected chi connectivity index (χ2v) is 9.86. The molecular formula is C25H40Cl2N4O. The maximum atomic E-state index is 13.1. The second-order valence-electron chi connectivity index (χ2n) is 9.86. The van der Waals surface area contributed by atoms with Gasteiger partial charge in [0.2, 0.25) is 5.91 Å². The average molecular weight is 484 g/mol. The predicted molar refractivity (Wildman–Crippen MR) is 135 cm³/mol. The predicted octanol–water partition coefficient (Wildman–Crippen LogP) is 3.00. The van der Waals surface area contributed by atoms with Gasteiger partial charge in [-0.3, -0.25) is 14.6 Å². The van der Waals surface area contributed by atoms with E-state index in [2.05, 4.69) is 44.3 Å². The fraction of sp³-hybridized carbons (Fsp3) is 0.720. The van der Waals surface area contributed by atoms with Gasteiger partial charge in [-0.25, -0.2) is 0 Å². The lowest BCUT2D eigenvalue weighted by atomic mass is 9.92. The molecule has 32 heavy (non-hydrogen) atoms. The van der Waals surface area contributed by atoms with Crippen LogP contribution in [0.3, 0.4) is 0 Å². The van der Waals surface area contributed by atoms with E-state index in [4.69, 9.17) is 0 Å². The maximum absolute atomic E-state index is 13.1. The minimum absolute atomic E-state index is 0. The molecule has 3 fully saturated rings. The molecule has 1 N–H and O–H groups in total. The molecule has 7 heteroatoms. The van der Waals surface area contributed by atoms with Crippen LogP contribution in [0, 0.1) is 5.92 Å². The number of carbonyl (C=O) groups is 1. The molecule has 0 radical (unpaired) electrons. The number of rotatable bonds is 3. The molecule has 5 rings (SSSR count). The van der Waals surface area contributed by atoms with Gasteiger partial charge in [-0.05, 0) is 82.3 Å². The largest absolute Gasteiger partial charge is 0.341 e. The lowest BCUT2D eigenvalue weighted by molar-refractivity contribution is -0.137. The number of halogens is 2. The number of hydrogen-bond acceptors (Lipinski definition) is 4. The molecule has 1 aromatic rings. The van der Waals surface area contributed by atoms with Crippen molar-refractivity contribution in [3.05, 3.63) is 35.4 Å². The van der Waals surface area contributed by atoms with Gasteiger partial charge in [-0.15, -0.1) is 24.8 Å². The normalized spacial score (nSPS) is 26.0. The van der Waals surface area contributed by atoms with E-state index >= 15 is 0 Å². The molecule has 4 aliphatic rings.